The van der Waals surface area contributed by atoms with E-state index in [0.29, 0.717) is 24.7 Å². The first-order chi connectivity index (χ1) is 10.7. The topological polar surface area (TPSA) is 77.2 Å². The first-order valence-corrected chi connectivity index (χ1v) is 7.50. The van der Waals surface area contributed by atoms with Gasteiger partial charge in [0, 0.05) is 5.92 Å². The van der Waals surface area contributed by atoms with Crippen LogP contribution in [-0.4, -0.2) is 29.4 Å². The van der Waals surface area contributed by atoms with E-state index in [1.165, 1.54) is 11.1 Å². The monoisotopic (exact) mass is 301 g/mol. The molecule has 1 aromatic carbocycles. The van der Waals surface area contributed by atoms with Crippen molar-refractivity contribution in [3.8, 4) is 5.88 Å². The van der Waals surface area contributed by atoms with Gasteiger partial charge in [0.15, 0.2) is 0 Å². The van der Waals surface area contributed by atoms with Crippen LogP contribution in [0.4, 0.5) is 0 Å². The number of ether oxygens (including phenoxy) is 1. The molecule has 1 aliphatic carbocycles. The van der Waals surface area contributed by atoms with Gasteiger partial charge < -0.3 is 10.1 Å². The second kappa shape index (κ2) is 6.60. The fourth-order valence-electron chi connectivity index (χ4n) is 2.74. The van der Waals surface area contributed by atoms with Crippen molar-refractivity contribution in [2.45, 2.75) is 26.2 Å². The number of benzene rings is 1. The number of carbonyl (C=O) groups is 1. The quantitative estimate of drug-likeness (QED) is 0.850. The molecule has 1 aromatic heterocycles. The molecule has 0 aliphatic heterocycles. The number of carbonyl (C=O) groups excluding carboxylic acids is 1. The van der Waals surface area contributed by atoms with Crippen LogP contribution >= 0.6 is 0 Å². The lowest BCUT2D eigenvalue weighted by Crippen LogP contribution is -2.36. The molecule has 0 spiro atoms. The van der Waals surface area contributed by atoms with Gasteiger partial charge in [-0.15, -0.1) is 0 Å². The second-order valence-corrected chi connectivity index (χ2v) is 5.50. The van der Waals surface area contributed by atoms with Crippen molar-refractivity contribution in [3.63, 3.8) is 0 Å². The van der Waals surface area contributed by atoms with Crippen molar-refractivity contribution in [3.05, 3.63) is 41.1 Å². The molecule has 1 N–H and O–H groups in total. The Morgan fingerprint density at radius 3 is 2.95 bits per heavy atom. The van der Waals surface area contributed by atoms with E-state index in [-0.39, 0.29) is 11.8 Å². The van der Waals surface area contributed by atoms with E-state index in [1.54, 1.807) is 6.92 Å². The van der Waals surface area contributed by atoms with Crippen molar-refractivity contribution in [2.24, 2.45) is 5.92 Å². The van der Waals surface area contributed by atoms with Crippen LogP contribution in [0.25, 0.3) is 0 Å². The normalized spacial score (nSPS) is 16.9. The lowest BCUT2D eigenvalue weighted by Gasteiger charge is -2.23. The van der Waals surface area contributed by atoms with Crippen molar-refractivity contribution in [2.75, 3.05) is 13.2 Å². The van der Waals surface area contributed by atoms with E-state index in [4.69, 9.17) is 4.74 Å². The zero-order valence-electron chi connectivity index (χ0n) is 12.5. The van der Waals surface area contributed by atoms with Crippen molar-refractivity contribution < 1.29 is 14.2 Å². The number of hydrogen-bond acceptors (Lipinski definition) is 5. The molecule has 3 rings (SSSR count). The summed E-state index contributed by atoms with van der Waals surface area (Å²) in [6.07, 6.45) is 2.68. The molecular weight excluding hydrogens is 282 g/mol. The van der Waals surface area contributed by atoms with E-state index in [2.05, 4.69) is 38.5 Å². The summed E-state index contributed by atoms with van der Waals surface area (Å²) in [4.78, 5) is 12.2. The molecule has 116 valence electrons. The Morgan fingerprint density at radius 1 is 1.36 bits per heavy atom. The number of nitrogens with one attached hydrogen (secondary N) is 1. The third-order valence-electron chi connectivity index (χ3n) is 3.97. The molecule has 1 amide bonds. The minimum absolute atomic E-state index is 0.0466. The maximum absolute atomic E-state index is 12.2. The van der Waals surface area contributed by atoms with Gasteiger partial charge >= 0.3 is 0 Å². The first-order valence-electron chi connectivity index (χ1n) is 7.50. The molecule has 1 aliphatic rings. The lowest BCUT2D eigenvalue weighted by molar-refractivity contribution is -0.125. The molecule has 0 unspecified atom stereocenters. The fraction of sp³-hybridized carbons (Fsp3) is 0.438. The van der Waals surface area contributed by atoms with E-state index < -0.39 is 0 Å². The molecule has 0 bridgehead atoms. The van der Waals surface area contributed by atoms with E-state index >= 15 is 0 Å². The molecule has 6 nitrogen and oxygen atoms in total. The van der Waals surface area contributed by atoms with Crippen LogP contribution in [0.15, 0.2) is 28.9 Å². The van der Waals surface area contributed by atoms with Crippen LogP contribution in [0.1, 0.15) is 23.2 Å². The van der Waals surface area contributed by atoms with Gasteiger partial charge in [0.2, 0.25) is 5.91 Å². The Labute approximate surface area is 128 Å². The highest BCUT2D eigenvalue weighted by atomic mass is 16.6. The molecule has 6 heteroatoms. The minimum Gasteiger partial charge on any atom is -0.472 e. The lowest BCUT2D eigenvalue weighted by atomic mass is 9.83. The highest BCUT2D eigenvalue weighted by molar-refractivity contribution is 5.79. The van der Waals surface area contributed by atoms with Gasteiger partial charge in [0.05, 0.1) is 6.54 Å². The van der Waals surface area contributed by atoms with Gasteiger partial charge in [-0.05, 0) is 42.5 Å². The number of rotatable bonds is 5. The summed E-state index contributed by atoms with van der Waals surface area (Å²) in [5.74, 6) is 0.513. The summed E-state index contributed by atoms with van der Waals surface area (Å²) >= 11 is 0. The van der Waals surface area contributed by atoms with Crippen LogP contribution in [-0.2, 0) is 17.6 Å². The molecule has 0 saturated heterocycles. The van der Waals surface area contributed by atoms with E-state index in [0.717, 1.165) is 19.3 Å². The number of aryl methyl sites for hydroxylation is 2. The SMILES string of the molecule is Cc1nonc1OCCNC(=O)[C@@H]1CCc2ccccc2C1. The summed E-state index contributed by atoms with van der Waals surface area (Å²) in [6, 6.07) is 8.34. The summed E-state index contributed by atoms with van der Waals surface area (Å²) in [7, 11) is 0. The maximum atomic E-state index is 12.2. The van der Waals surface area contributed by atoms with Gasteiger partial charge in [0.25, 0.3) is 5.88 Å². The Hall–Kier alpha value is -2.37. The largest absolute Gasteiger partial charge is 0.472 e. The zero-order valence-corrected chi connectivity index (χ0v) is 12.5. The first kappa shape index (κ1) is 14.6. The van der Waals surface area contributed by atoms with E-state index in [9.17, 15) is 4.79 Å². The Morgan fingerprint density at radius 2 is 2.18 bits per heavy atom. The maximum Gasteiger partial charge on any atom is 0.278 e. The van der Waals surface area contributed by atoms with Crippen LogP contribution in [0.2, 0.25) is 0 Å². The van der Waals surface area contributed by atoms with Gasteiger partial charge in [0.1, 0.15) is 12.3 Å². The fourth-order valence-corrected chi connectivity index (χ4v) is 2.74. The molecule has 1 heterocycles. The molecule has 0 fully saturated rings. The van der Waals surface area contributed by atoms with Gasteiger partial charge in [-0.25, -0.2) is 4.63 Å². The van der Waals surface area contributed by atoms with Crippen LogP contribution < -0.4 is 10.1 Å². The highest BCUT2D eigenvalue weighted by Gasteiger charge is 2.24. The smallest absolute Gasteiger partial charge is 0.278 e. The third-order valence-corrected chi connectivity index (χ3v) is 3.97. The standard InChI is InChI=1S/C16H19N3O3/c1-11-16(19-22-18-11)21-9-8-17-15(20)14-7-6-12-4-2-3-5-13(12)10-14/h2-5,14H,6-10H2,1H3,(H,17,20)/t14-/m1/s1. The average molecular weight is 301 g/mol. The second-order valence-electron chi connectivity index (χ2n) is 5.50. The van der Waals surface area contributed by atoms with Gasteiger partial charge in [-0.1, -0.05) is 29.4 Å². The highest BCUT2D eigenvalue weighted by Crippen LogP contribution is 2.25. The van der Waals surface area contributed by atoms with E-state index in [1.807, 2.05) is 6.07 Å². The third kappa shape index (κ3) is 3.27. The Bertz CT molecular complexity index is 654. The van der Waals surface area contributed by atoms with Crippen LogP contribution in [0, 0.1) is 12.8 Å². The number of aromatic nitrogens is 2. The number of hydrogen-bond donors (Lipinski definition) is 1. The predicted molar refractivity (Wildman–Crippen MR) is 79.5 cm³/mol. The molecule has 22 heavy (non-hydrogen) atoms. The summed E-state index contributed by atoms with van der Waals surface area (Å²) in [5, 5.41) is 10.2. The number of fused-ring (bicyclic) bond motifs is 1. The van der Waals surface area contributed by atoms with Crippen molar-refractivity contribution >= 4 is 5.91 Å². The zero-order chi connectivity index (χ0) is 15.4. The molecule has 1 atom stereocenters. The molecule has 2 aromatic rings. The van der Waals surface area contributed by atoms with Crippen LogP contribution in [0.5, 0.6) is 5.88 Å². The number of amides is 1. The molecule has 0 saturated carbocycles. The Kier molecular flexibility index (Phi) is 4.37. The minimum atomic E-state index is 0.0466. The predicted octanol–water partition coefficient (Wildman–Crippen LogP) is 1.68. The molecule has 0 radical (unpaired) electrons. The van der Waals surface area contributed by atoms with Crippen molar-refractivity contribution in [1.82, 2.24) is 15.6 Å². The Balaban J connectivity index is 1.44. The summed E-state index contributed by atoms with van der Waals surface area (Å²) < 4.78 is 9.93. The average Bonchev–Trinajstić information content (AvgIpc) is 2.96. The van der Waals surface area contributed by atoms with Gasteiger partial charge in [-0.3, -0.25) is 4.79 Å². The van der Waals surface area contributed by atoms with Gasteiger partial charge in [-0.2, -0.15) is 0 Å². The summed E-state index contributed by atoms with van der Waals surface area (Å²) in [5.41, 5.74) is 3.26. The summed E-state index contributed by atoms with van der Waals surface area (Å²) in [6.45, 7) is 2.55. The van der Waals surface area contributed by atoms with Crippen molar-refractivity contribution in [1.29, 1.82) is 0 Å². The van der Waals surface area contributed by atoms with Crippen LogP contribution in [0.3, 0.4) is 0 Å². The number of nitrogens with zero attached hydrogens (tertiary/aromatic N) is 2. The molecular formula is C16H19N3O3.